The number of carboxylic acids is 1. The standard InChI is InChI=1S/C18H16N4O3S/c23-17(24)15-14-13-12(5-7-20-16(13)26-15)22(18(25)21-14)10-4-6-19-11(8-10)9-2-1-3-9/h4-9,14-15H,1-3H2,(H,21,25)(H,23,24). The number of anilines is 2. The van der Waals surface area contributed by atoms with E-state index < -0.39 is 17.3 Å². The zero-order valence-corrected chi connectivity index (χ0v) is 14.6. The number of thioether (sulfide) groups is 1. The molecule has 0 spiro atoms. The monoisotopic (exact) mass is 368 g/mol. The summed E-state index contributed by atoms with van der Waals surface area (Å²) in [7, 11) is 0. The fraction of sp³-hybridized carbons (Fsp3) is 0.333. The highest BCUT2D eigenvalue weighted by Crippen LogP contribution is 2.50. The summed E-state index contributed by atoms with van der Waals surface area (Å²) in [6, 6.07) is 4.67. The molecule has 2 N–H and O–H groups in total. The Bertz CT molecular complexity index is 930. The molecule has 0 saturated heterocycles. The first-order chi connectivity index (χ1) is 12.6. The van der Waals surface area contributed by atoms with Crippen LogP contribution in [0.2, 0.25) is 0 Å². The molecule has 2 aliphatic heterocycles. The Morgan fingerprint density at radius 2 is 2.08 bits per heavy atom. The molecule has 1 fully saturated rings. The fourth-order valence-corrected chi connectivity index (χ4v) is 4.93. The Morgan fingerprint density at radius 1 is 1.27 bits per heavy atom. The third kappa shape index (κ3) is 2.21. The maximum Gasteiger partial charge on any atom is 0.327 e. The van der Waals surface area contributed by atoms with Gasteiger partial charge in [0.05, 0.1) is 17.4 Å². The molecule has 2 atom stereocenters. The summed E-state index contributed by atoms with van der Waals surface area (Å²) in [5.41, 5.74) is 3.24. The van der Waals surface area contributed by atoms with Gasteiger partial charge in [0.2, 0.25) is 0 Å². The molecule has 2 aromatic rings. The molecule has 1 saturated carbocycles. The van der Waals surface area contributed by atoms with E-state index in [4.69, 9.17) is 0 Å². The van der Waals surface area contributed by atoms with Crippen LogP contribution in [0.4, 0.5) is 16.2 Å². The molecule has 2 unspecified atom stereocenters. The third-order valence-electron chi connectivity index (χ3n) is 5.30. The van der Waals surface area contributed by atoms with Crippen LogP contribution in [0.3, 0.4) is 0 Å². The van der Waals surface area contributed by atoms with Gasteiger partial charge >= 0.3 is 12.0 Å². The van der Waals surface area contributed by atoms with Crippen molar-refractivity contribution in [2.45, 2.75) is 41.5 Å². The van der Waals surface area contributed by atoms with Crippen molar-refractivity contribution in [2.75, 3.05) is 4.90 Å². The van der Waals surface area contributed by atoms with Crippen molar-refractivity contribution in [3.63, 3.8) is 0 Å². The minimum atomic E-state index is -0.950. The molecule has 0 radical (unpaired) electrons. The molecule has 5 rings (SSSR count). The molecular weight excluding hydrogens is 352 g/mol. The van der Waals surface area contributed by atoms with Crippen molar-refractivity contribution < 1.29 is 14.7 Å². The van der Waals surface area contributed by atoms with Gasteiger partial charge in [-0.05, 0) is 31.0 Å². The summed E-state index contributed by atoms with van der Waals surface area (Å²) in [6.07, 6.45) is 6.84. The van der Waals surface area contributed by atoms with Gasteiger partial charge in [-0.3, -0.25) is 14.7 Å². The van der Waals surface area contributed by atoms with Gasteiger partial charge in [-0.15, -0.1) is 0 Å². The van der Waals surface area contributed by atoms with Gasteiger partial charge in [0.1, 0.15) is 10.3 Å². The number of carbonyl (C=O) groups excluding carboxylic acids is 1. The van der Waals surface area contributed by atoms with E-state index in [1.165, 1.54) is 18.2 Å². The van der Waals surface area contributed by atoms with Gasteiger partial charge in [0.25, 0.3) is 0 Å². The first kappa shape index (κ1) is 15.6. The molecule has 26 heavy (non-hydrogen) atoms. The molecule has 8 heteroatoms. The van der Waals surface area contributed by atoms with Crippen molar-refractivity contribution in [2.24, 2.45) is 0 Å². The number of hydrogen-bond acceptors (Lipinski definition) is 5. The van der Waals surface area contributed by atoms with Crippen molar-refractivity contribution in [1.82, 2.24) is 15.3 Å². The normalized spacial score (nSPS) is 24.0. The molecule has 7 nitrogen and oxygen atoms in total. The predicted molar refractivity (Wildman–Crippen MR) is 95.8 cm³/mol. The van der Waals surface area contributed by atoms with Gasteiger partial charge in [0, 0.05) is 29.6 Å². The maximum absolute atomic E-state index is 12.9. The summed E-state index contributed by atoms with van der Waals surface area (Å²) < 4.78 is 0. The van der Waals surface area contributed by atoms with Crippen LogP contribution in [0.15, 0.2) is 35.6 Å². The van der Waals surface area contributed by atoms with Crippen LogP contribution in [-0.4, -0.2) is 32.3 Å². The number of aromatic nitrogens is 2. The number of nitrogens with one attached hydrogen (secondary N) is 1. The van der Waals surface area contributed by atoms with Crippen LogP contribution >= 0.6 is 11.8 Å². The van der Waals surface area contributed by atoms with Gasteiger partial charge in [0.15, 0.2) is 0 Å². The first-order valence-corrected chi connectivity index (χ1v) is 9.46. The van der Waals surface area contributed by atoms with E-state index >= 15 is 0 Å². The summed E-state index contributed by atoms with van der Waals surface area (Å²) in [6.45, 7) is 0. The largest absolute Gasteiger partial charge is 0.480 e. The second kappa shape index (κ2) is 5.70. The highest BCUT2D eigenvalue weighted by Gasteiger charge is 2.46. The number of pyridine rings is 2. The molecule has 3 aliphatic rings. The fourth-order valence-electron chi connectivity index (χ4n) is 3.77. The zero-order valence-electron chi connectivity index (χ0n) is 13.8. The number of nitrogens with zero attached hydrogens (tertiary/aromatic N) is 3. The molecule has 2 aromatic heterocycles. The van der Waals surface area contributed by atoms with Crippen LogP contribution in [0.5, 0.6) is 0 Å². The Kier molecular flexibility index (Phi) is 3.43. The number of aliphatic carboxylic acids is 1. The summed E-state index contributed by atoms with van der Waals surface area (Å²) in [5.74, 6) is -0.487. The Balaban J connectivity index is 1.60. The highest BCUT2D eigenvalue weighted by atomic mass is 32.2. The first-order valence-electron chi connectivity index (χ1n) is 8.58. The smallest absolute Gasteiger partial charge is 0.327 e. The van der Waals surface area contributed by atoms with E-state index in [-0.39, 0.29) is 6.03 Å². The van der Waals surface area contributed by atoms with Crippen LogP contribution in [0.1, 0.15) is 42.5 Å². The number of rotatable bonds is 3. The zero-order chi connectivity index (χ0) is 17.8. The van der Waals surface area contributed by atoms with E-state index in [0.717, 1.165) is 29.8 Å². The lowest BCUT2D eigenvalue weighted by Gasteiger charge is -2.34. The average Bonchev–Trinajstić information content (AvgIpc) is 2.94. The van der Waals surface area contributed by atoms with Crippen LogP contribution in [0, 0.1) is 0 Å². The average molecular weight is 368 g/mol. The summed E-state index contributed by atoms with van der Waals surface area (Å²) >= 11 is 1.19. The predicted octanol–water partition coefficient (Wildman–Crippen LogP) is 3.21. The van der Waals surface area contributed by atoms with Gasteiger partial charge < -0.3 is 10.4 Å². The van der Waals surface area contributed by atoms with Crippen molar-refractivity contribution in [3.05, 3.63) is 41.9 Å². The minimum Gasteiger partial charge on any atom is -0.480 e. The summed E-state index contributed by atoms with van der Waals surface area (Å²) in [5, 5.41) is 12.2. The quantitative estimate of drug-likeness (QED) is 0.864. The molecule has 0 aromatic carbocycles. The number of hydrogen-bond donors (Lipinski definition) is 2. The Labute approximate surface area is 153 Å². The lowest BCUT2D eigenvalue weighted by Crippen LogP contribution is -2.47. The SMILES string of the molecule is O=C(O)C1Sc2nccc3c2C1NC(=O)N3c1ccnc(C2CCC2)c1. The van der Waals surface area contributed by atoms with Crippen molar-refractivity contribution in [1.29, 1.82) is 0 Å². The Morgan fingerprint density at radius 3 is 2.81 bits per heavy atom. The topological polar surface area (TPSA) is 95.4 Å². The highest BCUT2D eigenvalue weighted by molar-refractivity contribution is 8.00. The second-order valence-corrected chi connectivity index (χ2v) is 7.89. The summed E-state index contributed by atoms with van der Waals surface area (Å²) in [4.78, 5) is 34.8. The molecule has 132 valence electrons. The van der Waals surface area contributed by atoms with E-state index in [2.05, 4.69) is 15.3 Å². The van der Waals surface area contributed by atoms with Gasteiger partial charge in [-0.2, -0.15) is 0 Å². The number of urea groups is 1. The molecular formula is C18H16N4O3S. The van der Waals surface area contributed by atoms with E-state index in [1.54, 1.807) is 23.4 Å². The lowest BCUT2D eigenvalue weighted by molar-refractivity contribution is -0.136. The molecule has 1 aliphatic carbocycles. The van der Waals surface area contributed by atoms with Gasteiger partial charge in [-0.25, -0.2) is 9.78 Å². The van der Waals surface area contributed by atoms with Crippen LogP contribution in [0.25, 0.3) is 0 Å². The molecule has 4 heterocycles. The van der Waals surface area contributed by atoms with Crippen LogP contribution in [-0.2, 0) is 4.79 Å². The third-order valence-corrected chi connectivity index (χ3v) is 6.57. The number of amides is 2. The van der Waals surface area contributed by atoms with E-state index in [0.29, 0.717) is 16.6 Å². The van der Waals surface area contributed by atoms with E-state index in [9.17, 15) is 14.7 Å². The molecule has 0 bridgehead atoms. The lowest BCUT2D eigenvalue weighted by atomic mass is 9.82. The van der Waals surface area contributed by atoms with Gasteiger partial charge in [-0.1, -0.05) is 18.2 Å². The minimum absolute atomic E-state index is 0.320. The maximum atomic E-state index is 12.9. The molecule has 2 amide bonds. The second-order valence-electron chi connectivity index (χ2n) is 6.75. The van der Waals surface area contributed by atoms with Crippen molar-refractivity contribution in [3.8, 4) is 0 Å². The Hall–Kier alpha value is -2.61. The number of carbonyl (C=O) groups is 2. The number of carboxylic acid groups (broad SMARTS) is 1. The van der Waals surface area contributed by atoms with Crippen LogP contribution < -0.4 is 10.2 Å². The van der Waals surface area contributed by atoms with E-state index in [1.807, 2.05) is 12.1 Å². The van der Waals surface area contributed by atoms with Crippen molar-refractivity contribution >= 4 is 35.1 Å².